The molecule has 8 heteroatoms. The molecule has 1 aliphatic rings. The summed E-state index contributed by atoms with van der Waals surface area (Å²) in [5.41, 5.74) is 0.953. The van der Waals surface area contributed by atoms with E-state index in [9.17, 15) is 14.4 Å². The van der Waals surface area contributed by atoms with Crippen LogP contribution in [0.15, 0.2) is 43.0 Å². The van der Waals surface area contributed by atoms with Gasteiger partial charge in [-0.2, -0.15) is 0 Å². The van der Waals surface area contributed by atoms with Crippen molar-refractivity contribution in [2.45, 2.75) is 32.4 Å². The topological polar surface area (TPSA) is 96.3 Å². The van der Waals surface area contributed by atoms with Crippen molar-refractivity contribution in [2.75, 3.05) is 6.54 Å². The second-order valence-electron chi connectivity index (χ2n) is 6.42. The Balaban J connectivity index is 1.54. The van der Waals surface area contributed by atoms with E-state index in [1.807, 2.05) is 42.0 Å². The molecule has 1 aromatic carbocycles. The van der Waals surface area contributed by atoms with Gasteiger partial charge in [-0.05, 0) is 31.0 Å². The molecule has 1 fully saturated rings. The van der Waals surface area contributed by atoms with Gasteiger partial charge in [0, 0.05) is 24.6 Å². The molecule has 0 radical (unpaired) electrons. The summed E-state index contributed by atoms with van der Waals surface area (Å²) in [7, 11) is 0. The fourth-order valence-electron chi connectivity index (χ4n) is 2.73. The number of hydrogen-bond donors (Lipinski definition) is 2. The van der Waals surface area contributed by atoms with E-state index in [1.165, 1.54) is 0 Å². The standard InChI is InChI=1S/C18H21N5O3/c1-3-18(2)16(25)23(17(26)21-18)11-15(24)20-10-13-4-6-14(7-5-13)22-9-8-19-12-22/h4-9,12H,3,10-11H2,1-2H3,(H,20,24)(H,21,26). The van der Waals surface area contributed by atoms with Gasteiger partial charge < -0.3 is 15.2 Å². The summed E-state index contributed by atoms with van der Waals surface area (Å²) in [6, 6.07) is 7.12. The number of nitrogens with one attached hydrogen (secondary N) is 2. The number of benzene rings is 1. The van der Waals surface area contributed by atoms with Crippen LogP contribution in [0.3, 0.4) is 0 Å². The molecule has 1 unspecified atom stereocenters. The lowest BCUT2D eigenvalue weighted by Crippen LogP contribution is -2.44. The Hall–Kier alpha value is -3.16. The Bertz CT molecular complexity index is 816. The van der Waals surface area contributed by atoms with Gasteiger partial charge in [0.25, 0.3) is 5.91 Å². The average Bonchev–Trinajstić information content (AvgIpc) is 3.24. The van der Waals surface area contributed by atoms with Gasteiger partial charge in [-0.1, -0.05) is 19.1 Å². The summed E-state index contributed by atoms with van der Waals surface area (Å²) in [4.78, 5) is 41.3. The van der Waals surface area contributed by atoms with Crippen molar-refractivity contribution in [1.29, 1.82) is 0 Å². The lowest BCUT2D eigenvalue weighted by molar-refractivity contribution is -0.134. The lowest BCUT2D eigenvalue weighted by Gasteiger charge is -2.19. The van der Waals surface area contributed by atoms with E-state index in [0.717, 1.165) is 16.2 Å². The van der Waals surface area contributed by atoms with E-state index >= 15 is 0 Å². The number of imidazole rings is 1. The molecule has 1 aliphatic heterocycles. The van der Waals surface area contributed by atoms with Crippen molar-refractivity contribution >= 4 is 17.8 Å². The van der Waals surface area contributed by atoms with Crippen molar-refractivity contribution < 1.29 is 14.4 Å². The quantitative estimate of drug-likeness (QED) is 0.761. The SMILES string of the molecule is CCC1(C)NC(=O)N(CC(=O)NCc2ccc(-n3ccnc3)cc2)C1=O. The van der Waals surface area contributed by atoms with E-state index in [4.69, 9.17) is 0 Å². The molecule has 136 valence electrons. The number of aromatic nitrogens is 2. The number of carbonyl (C=O) groups excluding carboxylic acids is 3. The highest BCUT2D eigenvalue weighted by atomic mass is 16.2. The van der Waals surface area contributed by atoms with Crippen LogP contribution in [-0.4, -0.2) is 44.4 Å². The number of nitrogens with zero attached hydrogens (tertiary/aromatic N) is 3. The molecule has 0 aliphatic carbocycles. The molecule has 0 bridgehead atoms. The van der Waals surface area contributed by atoms with Crippen molar-refractivity contribution in [1.82, 2.24) is 25.1 Å². The molecule has 2 aromatic rings. The monoisotopic (exact) mass is 355 g/mol. The third kappa shape index (κ3) is 3.44. The Morgan fingerprint density at radius 2 is 2.00 bits per heavy atom. The molecule has 0 saturated carbocycles. The maximum absolute atomic E-state index is 12.3. The largest absolute Gasteiger partial charge is 0.350 e. The molecular weight excluding hydrogens is 334 g/mol. The molecule has 4 amide bonds. The normalized spacial score (nSPS) is 19.5. The number of rotatable bonds is 6. The minimum atomic E-state index is -0.930. The van der Waals surface area contributed by atoms with E-state index in [1.54, 1.807) is 19.4 Å². The van der Waals surface area contributed by atoms with E-state index in [-0.39, 0.29) is 18.4 Å². The molecule has 26 heavy (non-hydrogen) atoms. The van der Waals surface area contributed by atoms with Gasteiger partial charge in [0.05, 0.1) is 6.33 Å². The van der Waals surface area contributed by atoms with Gasteiger partial charge in [-0.25, -0.2) is 9.78 Å². The maximum Gasteiger partial charge on any atom is 0.325 e. The summed E-state index contributed by atoms with van der Waals surface area (Å²) < 4.78 is 1.88. The number of hydrogen-bond acceptors (Lipinski definition) is 4. The van der Waals surface area contributed by atoms with Crippen LogP contribution >= 0.6 is 0 Å². The zero-order valence-corrected chi connectivity index (χ0v) is 14.7. The van der Waals surface area contributed by atoms with Crippen molar-refractivity contribution in [2.24, 2.45) is 0 Å². The van der Waals surface area contributed by atoms with Crippen LogP contribution < -0.4 is 10.6 Å². The zero-order valence-electron chi connectivity index (χ0n) is 14.7. The first-order chi connectivity index (χ1) is 12.4. The second kappa shape index (κ2) is 6.99. The first-order valence-corrected chi connectivity index (χ1v) is 8.41. The second-order valence-corrected chi connectivity index (χ2v) is 6.42. The average molecular weight is 355 g/mol. The van der Waals surface area contributed by atoms with E-state index in [2.05, 4.69) is 15.6 Å². The smallest absolute Gasteiger partial charge is 0.325 e. The van der Waals surface area contributed by atoms with Crippen LogP contribution in [0.1, 0.15) is 25.8 Å². The van der Waals surface area contributed by atoms with Gasteiger partial charge >= 0.3 is 6.03 Å². The van der Waals surface area contributed by atoms with Crippen LogP contribution in [-0.2, 0) is 16.1 Å². The van der Waals surface area contributed by atoms with Crippen LogP contribution in [0.25, 0.3) is 5.69 Å². The molecule has 1 aromatic heterocycles. The fourth-order valence-corrected chi connectivity index (χ4v) is 2.73. The van der Waals surface area contributed by atoms with Crippen LogP contribution in [0, 0.1) is 0 Å². The number of imide groups is 1. The zero-order chi connectivity index (χ0) is 18.7. The lowest BCUT2D eigenvalue weighted by atomic mass is 9.99. The predicted octanol–water partition coefficient (Wildman–Crippen LogP) is 1.21. The Morgan fingerprint density at radius 1 is 1.27 bits per heavy atom. The number of amides is 4. The third-order valence-corrected chi connectivity index (χ3v) is 4.58. The number of urea groups is 1. The number of carbonyl (C=O) groups is 3. The summed E-state index contributed by atoms with van der Waals surface area (Å²) in [6.45, 7) is 3.51. The Labute approximate surface area is 151 Å². The van der Waals surface area contributed by atoms with Crippen molar-refractivity contribution in [3.8, 4) is 5.69 Å². The molecule has 2 N–H and O–H groups in total. The van der Waals surface area contributed by atoms with Crippen LogP contribution in [0.4, 0.5) is 4.79 Å². The first kappa shape index (κ1) is 17.7. The summed E-state index contributed by atoms with van der Waals surface area (Å²) in [6.07, 6.45) is 5.73. The Morgan fingerprint density at radius 3 is 2.58 bits per heavy atom. The van der Waals surface area contributed by atoms with Gasteiger partial charge in [0.1, 0.15) is 12.1 Å². The molecule has 0 spiro atoms. The van der Waals surface area contributed by atoms with Crippen molar-refractivity contribution in [3.05, 3.63) is 48.5 Å². The van der Waals surface area contributed by atoms with E-state index < -0.39 is 11.6 Å². The minimum Gasteiger partial charge on any atom is -0.350 e. The summed E-state index contributed by atoms with van der Waals surface area (Å²) >= 11 is 0. The van der Waals surface area contributed by atoms with Crippen LogP contribution in [0.5, 0.6) is 0 Å². The molecule has 3 rings (SSSR count). The molecular formula is C18H21N5O3. The van der Waals surface area contributed by atoms with E-state index in [0.29, 0.717) is 13.0 Å². The van der Waals surface area contributed by atoms with Crippen molar-refractivity contribution in [3.63, 3.8) is 0 Å². The predicted molar refractivity (Wildman–Crippen MR) is 94.4 cm³/mol. The molecule has 1 atom stereocenters. The summed E-state index contributed by atoms with van der Waals surface area (Å²) in [5, 5.41) is 5.36. The highest BCUT2D eigenvalue weighted by Gasteiger charge is 2.46. The summed E-state index contributed by atoms with van der Waals surface area (Å²) in [5.74, 6) is -0.752. The maximum atomic E-state index is 12.3. The minimum absolute atomic E-state index is 0.284. The molecule has 1 saturated heterocycles. The van der Waals surface area contributed by atoms with Gasteiger partial charge in [0.15, 0.2) is 0 Å². The Kier molecular flexibility index (Phi) is 4.75. The molecule has 2 heterocycles. The van der Waals surface area contributed by atoms with Gasteiger partial charge in [-0.15, -0.1) is 0 Å². The van der Waals surface area contributed by atoms with Crippen LogP contribution in [0.2, 0.25) is 0 Å². The van der Waals surface area contributed by atoms with Gasteiger partial charge in [-0.3, -0.25) is 14.5 Å². The van der Waals surface area contributed by atoms with Gasteiger partial charge in [0.2, 0.25) is 5.91 Å². The third-order valence-electron chi connectivity index (χ3n) is 4.58. The fraction of sp³-hybridized carbons (Fsp3) is 0.333. The highest BCUT2D eigenvalue weighted by molar-refractivity contribution is 6.08. The first-order valence-electron chi connectivity index (χ1n) is 8.41. The highest BCUT2D eigenvalue weighted by Crippen LogP contribution is 2.20. The molecule has 8 nitrogen and oxygen atoms in total.